The van der Waals surface area contributed by atoms with E-state index in [2.05, 4.69) is 27.6 Å². The number of carbonyl (C=O) groups is 3. The van der Waals surface area contributed by atoms with Crippen molar-refractivity contribution in [1.29, 1.82) is 0 Å². The predicted molar refractivity (Wildman–Crippen MR) is 110 cm³/mol. The van der Waals surface area contributed by atoms with Gasteiger partial charge in [-0.15, -0.1) is 0 Å². The highest BCUT2D eigenvalue weighted by atomic mass is 16.5. The SMILES string of the molecule is CCOC(=O)/C=C/C(=O)OCC(=O)Nc1ccc2c(c1)c1ccccc1n2CC. The molecule has 0 bridgehead atoms. The molecule has 29 heavy (non-hydrogen) atoms. The van der Waals surface area contributed by atoms with E-state index in [9.17, 15) is 14.4 Å². The molecule has 150 valence electrons. The molecule has 0 spiro atoms. The molecule has 0 fully saturated rings. The number of hydrogen-bond acceptors (Lipinski definition) is 5. The Morgan fingerprint density at radius 3 is 2.34 bits per heavy atom. The lowest BCUT2D eigenvalue weighted by atomic mass is 10.1. The fraction of sp³-hybridized carbons (Fsp3) is 0.227. The number of rotatable bonds is 7. The number of amides is 1. The van der Waals surface area contributed by atoms with Gasteiger partial charge in [-0.1, -0.05) is 18.2 Å². The molecule has 1 aromatic heterocycles. The lowest BCUT2D eigenvalue weighted by Gasteiger charge is -2.07. The van der Waals surface area contributed by atoms with Crippen molar-refractivity contribution in [3.8, 4) is 0 Å². The average molecular weight is 394 g/mol. The van der Waals surface area contributed by atoms with Crippen molar-refractivity contribution in [3.63, 3.8) is 0 Å². The topological polar surface area (TPSA) is 86.6 Å². The van der Waals surface area contributed by atoms with Gasteiger partial charge in [0.15, 0.2) is 6.61 Å². The van der Waals surface area contributed by atoms with Gasteiger partial charge < -0.3 is 19.4 Å². The van der Waals surface area contributed by atoms with Gasteiger partial charge in [-0.25, -0.2) is 9.59 Å². The van der Waals surface area contributed by atoms with Crippen LogP contribution >= 0.6 is 0 Å². The Balaban J connectivity index is 1.67. The Morgan fingerprint density at radius 1 is 0.931 bits per heavy atom. The standard InChI is InChI=1S/C22H22N2O5/c1-3-24-18-8-6-5-7-16(18)17-13-15(9-10-19(17)24)23-20(25)14-29-22(27)12-11-21(26)28-4-2/h5-13H,3-4,14H2,1-2H3,(H,23,25)/b12-11+. The van der Waals surface area contributed by atoms with E-state index in [0.29, 0.717) is 5.69 Å². The largest absolute Gasteiger partial charge is 0.463 e. The van der Waals surface area contributed by atoms with Crippen molar-refractivity contribution in [1.82, 2.24) is 4.57 Å². The summed E-state index contributed by atoms with van der Waals surface area (Å²) in [6, 6.07) is 13.8. The zero-order valence-electron chi connectivity index (χ0n) is 16.3. The number of aromatic nitrogens is 1. The highest BCUT2D eigenvalue weighted by Crippen LogP contribution is 2.30. The average Bonchev–Trinajstić information content (AvgIpc) is 3.04. The zero-order valence-corrected chi connectivity index (χ0v) is 16.3. The number of ether oxygens (including phenoxy) is 2. The third-order valence-electron chi connectivity index (χ3n) is 4.36. The Labute approximate surface area is 167 Å². The highest BCUT2D eigenvalue weighted by molar-refractivity contribution is 6.10. The summed E-state index contributed by atoms with van der Waals surface area (Å²) < 4.78 is 11.7. The number of nitrogens with one attached hydrogen (secondary N) is 1. The summed E-state index contributed by atoms with van der Waals surface area (Å²) in [5, 5.41) is 4.87. The van der Waals surface area contributed by atoms with Crippen LogP contribution in [0.3, 0.4) is 0 Å². The summed E-state index contributed by atoms with van der Waals surface area (Å²) in [5.74, 6) is -1.91. The zero-order chi connectivity index (χ0) is 20.8. The molecule has 7 heteroatoms. The van der Waals surface area contributed by atoms with E-state index in [4.69, 9.17) is 4.74 Å². The van der Waals surface area contributed by atoms with Crippen molar-refractivity contribution < 1.29 is 23.9 Å². The van der Waals surface area contributed by atoms with Crippen LogP contribution in [0.15, 0.2) is 54.6 Å². The van der Waals surface area contributed by atoms with Gasteiger partial charge >= 0.3 is 11.9 Å². The van der Waals surface area contributed by atoms with Crippen LogP contribution in [-0.2, 0) is 30.4 Å². The molecule has 0 atom stereocenters. The first kappa shape index (κ1) is 20.1. The third kappa shape index (κ3) is 4.63. The summed E-state index contributed by atoms with van der Waals surface area (Å²) in [6.45, 7) is 4.34. The molecule has 3 rings (SSSR count). The van der Waals surface area contributed by atoms with Gasteiger partial charge in [0, 0.05) is 46.2 Å². The maximum Gasteiger partial charge on any atom is 0.331 e. The van der Waals surface area contributed by atoms with E-state index >= 15 is 0 Å². The predicted octanol–water partition coefficient (Wildman–Crippen LogP) is 3.42. The molecular formula is C22H22N2O5. The van der Waals surface area contributed by atoms with E-state index in [1.54, 1.807) is 6.92 Å². The highest BCUT2D eigenvalue weighted by Gasteiger charge is 2.11. The molecule has 0 saturated heterocycles. The Kier molecular flexibility index (Phi) is 6.29. The van der Waals surface area contributed by atoms with Gasteiger partial charge in [0.25, 0.3) is 5.91 Å². The molecule has 0 unspecified atom stereocenters. The van der Waals surface area contributed by atoms with Crippen LogP contribution < -0.4 is 5.32 Å². The van der Waals surface area contributed by atoms with Crippen LogP contribution in [0.4, 0.5) is 5.69 Å². The smallest absolute Gasteiger partial charge is 0.331 e. The van der Waals surface area contributed by atoms with Crippen molar-refractivity contribution in [2.45, 2.75) is 20.4 Å². The minimum absolute atomic E-state index is 0.210. The van der Waals surface area contributed by atoms with Gasteiger partial charge in [0.05, 0.1) is 6.61 Å². The summed E-state index contributed by atoms with van der Waals surface area (Å²) >= 11 is 0. The monoisotopic (exact) mass is 394 g/mol. The lowest BCUT2D eigenvalue weighted by Crippen LogP contribution is -2.20. The quantitative estimate of drug-likeness (QED) is 0.490. The number of hydrogen-bond donors (Lipinski definition) is 1. The van der Waals surface area contributed by atoms with Crippen molar-refractivity contribution in [2.24, 2.45) is 0 Å². The van der Waals surface area contributed by atoms with E-state index in [-0.39, 0.29) is 6.61 Å². The summed E-state index contributed by atoms with van der Waals surface area (Å²) in [4.78, 5) is 34.8. The van der Waals surface area contributed by atoms with Gasteiger partial charge in [-0.2, -0.15) is 0 Å². The Hall–Kier alpha value is -3.61. The fourth-order valence-corrected chi connectivity index (χ4v) is 3.18. The van der Waals surface area contributed by atoms with Crippen molar-refractivity contribution in [3.05, 3.63) is 54.6 Å². The molecule has 0 radical (unpaired) electrons. The molecule has 3 aromatic rings. The van der Waals surface area contributed by atoms with Crippen LogP contribution in [0.2, 0.25) is 0 Å². The van der Waals surface area contributed by atoms with Crippen LogP contribution in [-0.4, -0.2) is 35.6 Å². The van der Waals surface area contributed by atoms with E-state index in [0.717, 1.165) is 40.5 Å². The number of para-hydroxylation sites is 1. The van der Waals surface area contributed by atoms with Crippen LogP contribution in [0.1, 0.15) is 13.8 Å². The number of esters is 2. The molecule has 1 N–H and O–H groups in total. The first-order valence-corrected chi connectivity index (χ1v) is 9.36. The van der Waals surface area contributed by atoms with E-state index in [1.807, 2.05) is 36.4 Å². The molecule has 7 nitrogen and oxygen atoms in total. The van der Waals surface area contributed by atoms with Gasteiger partial charge in [-0.3, -0.25) is 4.79 Å². The lowest BCUT2D eigenvalue weighted by molar-refractivity contribution is -0.143. The minimum atomic E-state index is -0.797. The molecule has 0 saturated carbocycles. The summed E-state index contributed by atoms with van der Waals surface area (Å²) in [7, 11) is 0. The molecule has 2 aromatic carbocycles. The van der Waals surface area contributed by atoms with Crippen molar-refractivity contribution >= 4 is 45.3 Å². The second-order valence-electron chi connectivity index (χ2n) is 6.23. The van der Waals surface area contributed by atoms with Gasteiger partial charge in [0.1, 0.15) is 0 Å². The fourth-order valence-electron chi connectivity index (χ4n) is 3.18. The first-order valence-electron chi connectivity index (χ1n) is 9.36. The molecule has 1 amide bonds. The van der Waals surface area contributed by atoms with E-state index < -0.39 is 24.5 Å². The second kappa shape index (κ2) is 9.05. The molecular weight excluding hydrogens is 372 g/mol. The summed E-state index contributed by atoms with van der Waals surface area (Å²) in [6.07, 6.45) is 1.89. The van der Waals surface area contributed by atoms with Gasteiger partial charge in [0.2, 0.25) is 0 Å². The number of nitrogens with zero attached hydrogens (tertiary/aromatic N) is 1. The molecule has 1 heterocycles. The van der Waals surface area contributed by atoms with Crippen LogP contribution in [0.25, 0.3) is 21.8 Å². The maximum atomic E-state index is 12.1. The van der Waals surface area contributed by atoms with Crippen LogP contribution in [0, 0.1) is 0 Å². The molecule has 0 aliphatic carbocycles. The first-order chi connectivity index (χ1) is 14.0. The van der Waals surface area contributed by atoms with Crippen molar-refractivity contribution in [2.75, 3.05) is 18.5 Å². The van der Waals surface area contributed by atoms with Crippen LogP contribution in [0.5, 0.6) is 0 Å². The van der Waals surface area contributed by atoms with Gasteiger partial charge in [-0.05, 0) is 38.1 Å². The number of anilines is 1. The maximum absolute atomic E-state index is 12.1. The van der Waals surface area contributed by atoms with E-state index in [1.165, 1.54) is 0 Å². The normalized spacial score (nSPS) is 11.1. The number of carbonyl (C=O) groups excluding carboxylic acids is 3. The second-order valence-corrected chi connectivity index (χ2v) is 6.23. The third-order valence-corrected chi connectivity index (χ3v) is 4.36. The Bertz CT molecular complexity index is 1100. The minimum Gasteiger partial charge on any atom is -0.463 e. The number of aryl methyl sites for hydroxylation is 1. The Morgan fingerprint density at radius 2 is 1.62 bits per heavy atom. The number of benzene rings is 2. The molecule has 0 aliphatic heterocycles. The summed E-state index contributed by atoms with van der Waals surface area (Å²) in [5.41, 5.74) is 2.83. The number of fused-ring (bicyclic) bond motifs is 3. The molecule has 0 aliphatic rings.